The monoisotopic (exact) mass is 122 g/mol. The summed E-state index contributed by atoms with van der Waals surface area (Å²) in [5.41, 5.74) is 0. The van der Waals surface area contributed by atoms with Gasteiger partial charge in [-0.3, -0.25) is 0 Å². The second kappa shape index (κ2) is 3.02. The molecule has 0 spiro atoms. The summed E-state index contributed by atoms with van der Waals surface area (Å²) in [4.78, 5) is 0. The Morgan fingerprint density at radius 3 is 2.29 bits per heavy atom. The van der Waals surface area contributed by atoms with Crippen LogP contribution in [0.4, 0.5) is 0 Å². The van der Waals surface area contributed by atoms with Gasteiger partial charge in [-0.1, -0.05) is 18.2 Å². The van der Waals surface area contributed by atoms with Gasteiger partial charge in [0, 0.05) is 5.03 Å². The lowest BCUT2D eigenvalue weighted by molar-refractivity contribution is 0.128. The molecule has 7 heavy (non-hydrogen) atoms. The molecule has 0 saturated heterocycles. The van der Waals surface area contributed by atoms with Gasteiger partial charge in [0.15, 0.2) is 0 Å². The van der Waals surface area contributed by atoms with E-state index >= 15 is 0 Å². The average Bonchev–Trinajstić information content (AvgIpc) is 1.65. The van der Waals surface area contributed by atoms with Crippen LogP contribution >= 0.6 is 11.6 Å². The Hall–Kier alpha value is -0.0500. The molecule has 0 aliphatic rings. The summed E-state index contributed by atoms with van der Waals surface area (Å²) >= 11 is 5.12. The predicted molar refractivity (Wildman–Crippen MR) is 28.1 cm³/mol. The van der Waals surface area contributed by atoms with Crippen molar-refractivity contribution in [2.24, 2.45) is 0 Å². The van der Waals surface area contributed by atoms with Crippen molar-refractivity contribution in [3.05, 3.63) is 11.6 Å². The topological polar surface area (TPSA) is 40.5 Å². The zero-order valence-electron chi connectivity index (χ0n) is 3.76. The van der Waals surface area contributed by atoms with Crippen LogP contribution in [0.2, 0.25) is 0 Å². The zero-order valence-corrected chi connectivity index (χ0v) is 4.52. The molecule has 1 atom stereocenters. The third-order valence-corrected chi connectivity index (χ3v) is 0.786. The molecule has 0 saturated carbocycles. The number of aliphatic hydroxyl groups excluding tert-OH is 2. The SMILES string of the molecule is C=C(Cl)[C@H](O)CO. The predicted octanol–water partition coefficient (Wildman–Crippen LogP) is 0.0921. The first-order chi connectivity index (χ1) is 3.18. The van der Waals surface area contributed by atoms with E-state index in [-0.39, 0.29) is 11.6 Å². The molecule has 42 valence electrons. The Morgan fingerprint density at radius 2 is 2.29 bits per heavy atom. The molecule has 0 bridgehead atoms. The highest BCUT2D eigenvalue weighted by molar-refractivity contribution is 6.29. The molecule has 0 rings (SSSR count). The van der Waals surface area contributed by atoms with Crippen LogP contribution in [0.15, 0.2) is 11.6 Å². The molecule has 0 aromatic rings. The van der Waals surface area contributed by atoms with Gasteiger partial charge in [0.05, 0.1) is 6.61 Å². The molecule has 0 aliphatic heterocycles. The van der Waals surface area contributed by atoms with Gasteiger partial charge < -0.3 is 10.2 Å². The molecule has 0 aromatic heterocycles. The van der Waals surface area contributed by atoms with Gasteiger partial charge in [-0.2, -0.15) is 0 Å². The molecule has 0 heterocycles. The van der Waals surface area contributed by atoms with Crippen molar-refractivity contribution in [2.45, 2.75) is 6.10 Å². The van der Waals surface area contributed by atoms with Crippen molar-refractivity contribution in [3.63, 3.8) is 0 Å². The minimum absolute atomic E-state index is 0.0718. The van der Waals surface area contributed by atoms with Crippen LogP contribution in [0.3, 0.4) is 0 Å². The summed E-state index contributed by atoms with van der Waals surface area (Å²) in [5, 5.41) is 16.6. The second-order valence-corrected chi connectivity index (χ2v) is 1.63. The Balaban J connectivity index is 3.34. The summed E-state index contributed by atoms with van der Waals surface area (Å²) in [6, 6.07) is 0. The molecular weight excluding hydrogens is 115 g/mol. The van der Waals surface area contributed by atoms with Crippen LogP contribution in [0.5, 0.6) is 0 Å². The molecule has 0 aromatic carbocycles. The van der Waals surface area contributed by atoms with Gasteiger partial charge in [0.2, 0.25) is 0 Å². The highest BCUT2D eigenvalue weighted by atomic mass is 35.5. The Labute approximate surface area is 47.0 Å². The quantitative estimate of drug-likeness (QED) is 0.545. The first-order valence-electron chi connectivity index (χ1n) is 1.81. The van der Waals surface area contributed by atoms with Gasteiger partial charge in [-0.25, -0.2) is 0 Å². The maximum Gasteiger partial charge on any atom is 0.112 e. The first kappa shape index (κ1) is 6.95. The van der Waals surface area contributed by atoms with E-state index in [1.807, 2.05) is 0 Å². The van der Waals surface area contributed by atoms with Gasteiger partial charge in [-0.05, 0) is 0 Å². The summed E-state index contributed by atoms with van der Waals surface area (Å²) in [5.74, 6) is 0. The highest BCUT2D eigenvalue weighted by Crippen LogP contribution is 2.01. The smallest absolute Gasteiger partial charge is 0.112 e. The van der Waals surface area contributed by atoms with E-state index in [0.717, 1.165) is 0 Å². The van der Waals surface area contributed by atoms with Crippen LogP contribution in [-0.4, -0.2) is 22.9 Å². The Morgan fingerprint density at radius 1 is 1.86 bits per heavy atom. The summed E-state index contributed by atoms with van der Waals surface area (Å²) in [7, 11) is 0. The zero-order chi connectivity index (χ0) is 5.86. The fraction of sp³-hybridized carbons (Fsp3) is 0.500. The summed E-state index contributed by atoms with van der Waals surface area (Å²) in [6.45, 7) is 2.82. The van der Waals surface area contributed by atoms with Gasteiger partial charge in [0.25, 0.3) is 0 Å². The molecule has 2 nitrogen and oxygen atoms in total. The molecule has 0 unspecified atom stereocenters. The van der Waals surface area contributed by atoms with E-state index < -0.39 is 6.10 Å². The normalized spacial score (nSPS) is 13.6. The third kappa shape index (κ3) is 2.62. The van der Waals surface area contributed by atoms with E-state index in [0.29, 0.717) is 0 Å². The van der Waals surface area contributed by atoms with Gasteiger partial charge in [-0.15, -0.1) is 0 Å². The van der Waals surface area contributed by atoms with Crippen LogP contribution in [0.1, 0.15) is 0 Å². The molecule has 0 amide bonds. The van der Waals surface area contributed by atoms with Crippen molar-refractivity contribution in [1.29, 1.82) is 0 Å². The maximum atomic E-state index is 8.45. The van der Waals surface area contributed by atoms with Crippen LogP contribution < -0.4 is 0 Å². The van der Waals surface area contributed by atoms with E-state index in [1.54, 1.807) is 0 Å². The van der Waals surface area contributed by atoms with Gasteiger partial charge in [0.1, 0.15) is 6.10 Å². The summed E-state index contributed by atoms with van der Waals surface area (Å²) < 4.78 is 0. The molecule has 0 fully saturated rings. The Bertz CT molecular complexity index is 72.1. The lowest BCUT2D eigenvalue weighted by Crippen LogP contribution is -2.10. The highest BCUT2D eigenvalue weighted by Gasteiger charge is 2.00. The first-order valence-corrected chi connectivity index (χ1v) is 2.19. The van der Waals surface area contributed by atoms with Crippen molar-refractivity contribution in [1.82, 2.24) is 0 Å². The van der Waals surface area contributed by atoms with Crippen molar-refractivity contribution in [2.75, 3.05) is 6.61 Å². The van der Waals surface area contributed by atoms with Crippen molar-refractivity contribution >= 4 is 11.6 Å². The van der Waals surface area contributed by atoms with Crippen LogP contribution in [0.25, 0.3) is 0 Å². The molecule has 0 aliphatic carbocycles. The molecular formula is C4H7ClO2. The van der Waals surface area contributed by atoms with Crippen LogP contribution in [-0.2, 0) is 0 Å². The lowest BCUT2D eigenvalue weighted by Gasteiger charge is -2.00. The minimum atomic E-state index is -0.971. The maximum absolute atomic E-state index is 8.45. The fourth-order valence-corrected chi connectivity index (χ4v) is 0.168. The number of halogens is 1. The van der Waals surface area contributed by atoms with Crippen molar-refractivity contribution < 1.29 is 10.2 Å². The van der Waals surface area contributed by atoms with Crippen molar-refractivity contribution in [3.8, 4) is 0 Å². The third-order valence-electron chi connectivity index (χ3n) is 0.535. The second-order valence-electron chi connectivity index (χ2n) is 1.15. The molecule has 2 N–H and O–H groups in total. The molecule has 3 heteroatoms. The molecule has 0 radical (unpaired) electrons. The largest absolute Gasteiger partial charge is 0.393 e. The van der Waals surface area contributed by atoms with E-state index in [4.69, 9.17) is 21.8 Å². The number of hydrogen-bond donors (Lipinski definition) is 2. The van der Waals surface area contributed by atoms with E-state index in [1.165, 1.54) is 0 Å². The lowest BCUT2D eigenvalue weighted by atomic mass is 10.4. The van der Waals surface area contributed by atoms with E-state index in [2.05, 4.69) is 6.58 Å². The fourth-order valence-electron chi connectivity index (χ4n) is 0.0991. The number of aliphatic hydroxyl groups is 2. The van der Waals surface area contributed by atoms with Gasteiger partial charge >= 0.3 is 0 Å². The van der Waals surface area contributed by atoms with Crippen LogP contribution in [0, 0.1) is 0 Å². The standard InChI is InChI=1S/C4H7ClO2/c1-3(5)4(7)2-6/h4,6-7H,1-2H2/t4-/m1/s1. The number of hydrogen-bond acceptors (Lipinski definition) is 2. The minimum Gasteiger partial charge on any atom is -0.393 e. The average molecular weight is 123 g/mol. The van der Waals surface area contributed by atoms with E-state index in [9.17, 15) is 0 Å². The number of rotatable bonds is 2. The summed E-state index contributed by atoms with van der Waals surface area (Å²) in [6.07, 6.45) is -0.971. The Kier molecular flexibility index (Phi) is 3.00.